The maximum Gasteiger partial charge on any atom is 0.161 e. The second-order valence-corrected chi connectivity index (χ2v) is 10.4. The van der Waals surface area contributed by atoms with E-state index in [-0.39, 0.29) is 22.4 Å². The highest BCUT2D eigenvalue weighted by atomic mass is 35.5. The van der Waals surface area contributed by atoms with Gasteiger partial charge in [0.15, 0.2) is 5.78 Å². The van der Waals surface area contributed by atoms with Crippen LogP contribution < -0.4 is 0 Å². The lowest BCUT2D eigenvalue weighted by atomic mass is 9.60. The normalized spacial score (nSPS) is 28.6. The van der Waals surface area contributed by atoms with Crippen molar-refractivity contribution in [2.75, 3.05) is 0 Å². The molecule has 3 aliphatic rings. The van der Waals surface area contributed by atoms with Crippen LogP contribution in [0, 0.1) is 22.6 Å². The number of nitrogens with zero attached hydrogens (tertiary/aromatic N) is 1. The average Bonchev–Trinajstić information content (AvgIpc) is 2.52. The van der Waals surface area contributed by atoms with E-state index in [9.17, 15) is 14.0 Å². The summed E-state index contributed by atoms with van der Waals surface area (Å²) in [4.78, 5) is 31.1. The van der Waals surface area contributed by atoms with Crippen LogP contribution in [0.3, 0.4) is 0 Å². The van der Waals surface area contributed by atoms with Crippen LogP contribution in [0.4, 0.5) is 4.39 Å². The molecule has 1 unspecified atom stereocenters. The highest BCUT2D eigenvalue weighted by Gasteiger charge is 2.50. The van der Waals surface area contributed by atoms with Crippen LogP contribution >= 0.6 is 11.6 Å². The minimum absolute atomic E-state index is 0.0311. The zero-order valence-electron chi connectivity index (χ0n) is 16.7. The van der Waals surface area contributed by atoms with E-state index in [1.807, 2.05) is 13.8 Å². The van der Waals surface area contributed by atoms with Crippen LogP contribution in [-0.4, -0.2) is 17.3 Å². The van der Waals surface area contributed by atoms with Crippen LogP contribution in [0.1, 0.15) is 64.9 Å². The molecule has 0 spiro atoms. The van der Waals surface area contributed by atoms with Crippen molar-refractivity contribution in [3.8, 4) is 0 Å². The van der Waals surface area contributed by atoms with Gasteiger partial charge < -0.3 is 0 Å². The molecule has 1 fully saturated rings. The van der Waals surface area contributed by atoms with Gasteiger partial charge >= 0.3 is 0 Å². The van der Waals surface area contributed by atoms with Gasteiger partial charge in [-0.15, -0.1) is 0 Å². The van der Waals surface area contributed by atoms with Gasteiger partial charge in [-0.25, -0.2) is 4.39 Å². The Labute approximate surface area is 170 Å². The Morgan fingerprint density at radius 3 is 2.39 bits per heavy atom. The number of ketones is 2. The molecule has 0 amide bonds. The van der Waals surface area contributed by atoms with Gasteiger partial charge in [0.1, 0.15) is 11.6 Å². The average molecular weight is 402 g/mol. The lowest BCUT2D eigenvalue weighted by Crippen LogP contribution is -2.45. The third kappa shape index (κ3) is 3.26. The summed E-state index contributed by atoms with van der Waals surface area (Å²) >= 11 is 6.17. The van der Waals surface area contributed by atoms with Gasteiger partial charge in [0, 0.05) is 40.8 Å². The molecule has 1 heterocycles. The fraction of sp³-hybridized carbons (Fsp3) is 0.522. The quantitative estimate of drug-likeness (QED) is 0.609. The molecule has 1 aromatic rings. The predicted molar refractivity (Wildman–Crippen MR) is 108 cm³/mol. The number of fused-ring (bicyclic) bond motifs is 1. The molecular weight excluding hydrogens is 377 g/mol. The summed E-state index contributed by atoms with van der Waals surface area (Å²) in [6.07, 6.45) is 2.10. The molecule has 1 saturated carbocycles. The van der Waals surface area contributed by atoms with Crippen LogP contribution in [0.2, 0.25) is 5.02 Å². The molecule has 0 radical (unpaired) electrons. The minimum Gasteiger partial charge on any atom is -0.299 e. The van der Waals surface area contributed by atoms with Crippen LogP contribution in [0.5, 0.6) is 0 Å². The fourth-order valence-corrected chi connectivity index (χ4v) is 5.28. The first-order valence-electron chi connectivity index (χ1n) is 9.79. The second-order valence-electron chi connectivity index (χ2n) is 10.0. The van der Waals surface area contributed by atoms with E-state index >= 15 is 0 Å². The molecule has 0 saturated heterocycles. The van der Waals surface area contributed by atoms with Crippen molar-refractivity contribution in [2.24, 2.45) is 21.7 Å². The summed E-state index contributed by atoms with van der Waals surface area (Å²) in [5.41, 5.74) is 1.98. The van der Waals surface area contributed by atoms with Crippen LogP contribution in [-0.2, 0) is 9.59 Å². The van der Waals surface area contributed by atoms with Gasteiger partial charge in [-0.1, -0.05) is 39.3 Å². The van der Waals surface area contributed by atoms with Gasteiger partial charge in [-0.2, -0.15) is 0 Å². The molecule has 28 heavy (non-hydrogen) atoms. The Bertz CT molecular complexity index is 957. The van der Waals surface area contributed by atoms with E-state index in [1.54, 1.807) is 6.07 Å². The van der Waals surface area contributed by atoms with E-state index in [0.717, 1.165) is 11.4 Å². The van der Waals surface area contributed by atoms with E-state index < -0.39 is 17.7 Å². The summed E-state index contributed by atoms with van der Waals surface area (Å²) < 4.78 is 14.9. The Morgan fingerprint density at radius 2 is 1.68 bits per heavy atom. The molecule has 4 rings (SSSR count). The molecule has 3 nitrogen and oxygen atoms in total. The first kappa shape index (κ1) is 19.5. The van der Waals surface area contributed by atoms with Gasteiger partial charge in [0.2, 0.25) is 0 Å². The monoisotopic (exact) mass is 401 g/mol. The highest BCUT2D eigenvalue weighted by molar-refractivity contribution is 6.30. The standard InChI is InChI=1S/C23H25ClFNO2/c1-22(2)8-15-20(17(27)10-22)19(13-7-12(24)5-6-14(13)25)21-16(26-15)9-23(3,4)11-18(21)28/h5-7,19-20H,8-11H2,1-4H3/t19-,20?/m0/s1. The van der Waals surface area contributed by atoms with Gasteiger partial charge in [0.05, 0.1) is 5.92 Å². The zero-order chi connectivity index (χ0) is 20.4. The van der Waals surface area contributed by atoms with E-state index in [2.05, 4.69) is 13.8 Å². The van der Waals surface area contributed by atoms with Crippen molar-refractivity contribution in [1.29, 1.82) is 0 Å². The van der Waals surface area contributed by atoms with Crippen molar-refractivity contribution >= 4 is 28.9 Å². The number of carbonyl (C=O) groups is 2. The summed E-state index contributed by atoms with van der Waals surface area (Å²) in [5, 5.41) is 0.398. The van der Waals surface area contributed by atoms with E-state index in [1.165, 1.54) is 12.1 Å². The lowest BCUT2D eigenvalue weighted by molar-refractivity contribution is -0.124. The molecule has 0 aromatic heterocycles. The van der Waals surface area contributed by atoms with Gasteiger partial charge in [0.25, 0.3) is 0 Å². The maximum absolute atomic E-state index is 14.9. The Balaban J connectivity index is 1.95. The number of rotatable bonds is 1. The van der Waals surface area contributed by atoms with Crippen LogP contribution in [0.25, 0.3) is 0 Å². The lowest BCUT2D eigenvalue weighted by Gasteiger charge is -2.44. The zero-order valence-corrected chi connectivity index (χ0v) is 17.5. The first-order valence-corrected chi connectivity index (χ1v) is 10.2. The summed E-state index contributed by atoms with van der Waals surface area (Å²) in [7, 11) is 0. The molecule has 0 bridgehead atoms. The van der Waals surface area contributed by atoms with Crippen molar-refractivity contribution in [3.05, 3.63) is 45.9 Å². The molecule has 1 aromatic carbocycles. The van der Waals surface area contributed by atoms with Crippen molar-refractivity contribution in [3.63, 3.8) is 0 Å². The Hall–Kier alpha value is -1.81. The smallest absolute Gasteiger partial charge is 0.161 e. The largest absolute Gasteiger partial charge is 0.299 e. The number of hydrogen-bond donors (Lipinski definition) is 0. The number of Topliss-reactive ketones (excluding diaryl/α,β-unsaturated/α-hetero) is 2. The summed E-state index contributed by atoms with van der Waals surface area (Å²) in [6.45, 7) is 8.20. The number of allylic oxidation sites excluding steroid dienone is 2. The third-order valence-electron chi connectivity index (χ3n) is 6.13. The number of hydrogen-bond acceptors (Lipinski definition) is 3. The van der Waals surface area contributed by atoms with E-state index in [4.69, 9.17) is 16.6 Å². The predicted octanol–water partition coefficient (Wildman–Crippen LogP) is 5.67. The van der Waals surface area contributed by atoms with Crippen molar-refractivity contribution < 1.29 is 14.0 Å². The SMILES string of the molecule is CC1(C)CC(=O)C2C(=NC3=C(C(=O)CC(C)(C)C3)[C@H]2c2cc(Cl)ccc2F)C1. The first-order chi connectivity index (χ1) is 13.0. The second kappa shape index (κ2) is 6.35. The fourth-order valence-electron chi connectivity index (χ4n) is 5.10. The summed E-state index contributed by atoms with van der Waals surface area (Å²) in [6, 6.07) is 4.37. The van der Waals surface area contributed by atoms with Gasteiger partial charge in [-0.05, 0) is 47.4 Å². The number of halogens is 2. The molecule has 5 heteroatoms. The number of aliphatic imine (C=N–C) groups is 1. The van der Waals surface area contributed by atoms with Gasteiger partial charge in [-0.3, -0.25) is 14.6 Å². The number of benzene rings is 1. The maximum atomic E-state index is 14.9. The highest BCUT2D eigenvalue weighted by Crippen LogP contribution is 2.52. The third-order valence-corrected chi connectivity index (χ3v) is 6.37. The number of carbonyl (C=O) groups excluding carboxylic acids is 2. The van der Waals surface area contributed by atoms with Crippen LogP contribution in [0.15, 0.2) is 34.5 Å². The van der Waals surface area contributed by atoms with E-state index in [0.29, 0.717) is 41.8 Å². The minimum atomic E-state index is -0.631. The van der Waals surface area contributed by atoms with Crippen molar-refractivity contribution in [2.45, 2.75) is 59.3 Å². The Morgan fingerprint density at radius 1 is 1.00 bits per heavy atom. The molecule has 2 aliphatic carbocycles. The Kier molecular flexibility index (Phi) is 4.42. The summed E-state index contributed by atoms with van der Waals surface area (Å²) in [5.74, 6) is -1.64. The topological polar surface area (TPSA) is 46.5 Å². The molecular formula is C23H25ClFNO2. The van der Waals surface area contributed by atoms with Crippen molar-refractivity contribution in [1.82, 2.24) is 0 Å². The molecule has 1 aliphatic heterocycles. The molecule has 0 N–H and O–H groups in total. The molecule has 2 atom stereocenters. The molecule has 148 valence electrons.